The van der Waals surface area contributed by atoms with Crippen molar-refractivity contribution in [2.75, 3.05) is 13.2 Å². The highest BCUT2D eigenvalue weighted by Crippen LogP contribution is 2.82. The van der Waals surface area contributed by atoms with E-state index in [0.717, 1.165) is 0 Å². The lowest BCUT2D eigenvalue weighted by Gasteiger charge is -2.31. The minimum absolute atomic E-state index is 0.0668. The van der Waals surface area contributed by atoms with Crippen molar-refractivity contribution in [1.29, 1.82) is 10.5 Å². The first-order valence-electron chi connectivity index (χ1n) is 7.81. The molecule has 0 saturated heterocycles. The van der Waals surface area contributed by atoms with Gasteiger partial charge in [0.2, 0.25) is 0 Å². The number of ether oxygens (including phenoxy) is 2. The van der Waals surface area contributed by atoms with Gasteiger partial charge in [-0.3, -0.25) is 0 Å². The number of hydrogen-bond acceptors (Lipinski definition) is 6. The van der Waals surface area contributed by atoms with Crippen LogP contribution in [-0.4, -0.2) is 25.0 Å². The molecule has 1 saturated carbocycles. The van der Waals surface area contributed by atoms with Crippen molar-refractivity contribution < 1.29 is 13.9 Å². The first kappa shape index (κ1) is 17.8. The number of fused-ring (bicyclic) bond motifs is 1. The molecule has 130 valence electrons. The van der Waals surface area contributed by atoms with Crippen molar-refractivity contribution in [2.45, 2.75) is 25.7 Å². The molecule has 1 aliphatic heterocycles. The van der Waals surface area contributed by atoms with Gasteiger partial charge in [0, 0.05) is 23.6 Å². The lowest BCUT2D eigenvalue weighted by molar-refractivity contribution is -0.255. The molecule has 3 atom stereocenters. The van der Waals surface area contributed by atoms with E-state index in [9.17, 15) is 14.9 Å². The number of nitrogens with two attached hydrogens (primary N) is 1. The van der Waals surface area contributed by atoms with Gasteiger partial charge in [0.25, 0.3) is 5.91 Å². The van der Waals surface area contributed by atoms with Gasteiger partial charge in [-0.25, -0.2) is 9.38 Å². The molecular formula is C17H16BrFN4O2. The predicted octanol–water partition coefficient (Wildman–Crippen LogP) is 2.80. The summed E-state index contributed by atoms with van der Waals surface area (Å²) in [5.41, 5.74) is 3.23. The summed E-state index contributed by atoms with van der Waals surface area (Å²) in [5, 5.41) is 19.9. The van der Waals surface area contributed by atoms with Crippen molar-refractivity contribution in [3.05, 3.63) is 34.1 Å². The van der Waals surface area contributed by atoms with Gasteiger partial charge < -0.3 is 15.2 Å². The van der Waals surface area contributed by atoms with Crippen LogP contribution in [0.1, 0.15) is 25.3 Å². The van der Waals surface area contributed by atoms with Crippen LogP contribution in [0, 0.1) is 39.3 Å². The Bertz CT molecular complexity index is 840. The molecule has 0 spiro atoms. The van der Waals surface area contributed by atoms with Crippen LogP contribution in [0.3, 0.4) is 0 Å². The lowest BCUT2D eigenvalue weighted by atomic mass is 9.93. The number of nitrogens with zero attached hydrogens (tertiary/aromatic N) is 3. The molecule has 3 rings (SSSR count). The average Bonchev–Trinajstić information content (AvgIpc) is 3.16. The van der Waals surface area contributed by atoms with E-state index in [4.69, 9.17) is 15.2 Å². The van der Waals surface area contributed by atoms with Crippen LogP contribution in [0.15, 0.2) is 27.7 Å². The Morgan fingerprint density at radius 2 is 1.92 bits per heavy atom. The third kappa shape index (κ3) is 1.90. The first-order valence-corrected chi connectivity index (χ1v) is 8.61. The minimum Gasteiger partial charge on any atom is -0.386 e. The smallest absolute Gasteiger partial charge is 0.293 e. The summed E-state index contributed by atoms with van der Waals surface area (Å²) in [5.74, 6) is -3.17. The van der Waals surface area contributed by atoms with E-state index >= 15 is 0 Å². The fraction of sp³-hybridized carbons (Fsp3) is 0.471. The highest BCUT2D eigenvalue weighted by atomic mass is 79.9. The molecule has 1 fully saturated rings. The molecule has 6 nitrogen and oxygen atoms in total. The number of aliphatic imine (C=N–C) groups is 1. The number of hydrogen-bond donors (Lipinski definition) is 1. The monoisotopic (exact) mass is 406 g/mol. The maximum atomic E-state index is 14.5. The second-order valence-electron chi connectivity index (χ2n) is 5.88. The Balaban J connectivity index is 2.27. The SMILES string of the molecule is CCOC1(OCC)N=C(N)C2(C#N)C(c3cc(Br)ccc3F)C12C#N. The fourth-order valence-corrected chi connectivity index (χ4v) is 4.33. The number of nitriles is 2. The molecule has 2 aliphatic rings. The van der Waals surface area contributed by atoms with E-state index in [1.807, 2.05) is 0 Å². The third-order valence-corrected chi connectivity index (χ3v) is 5.37. The van der Waals surface area contributed by atoms with E-state index in [1.165, 1.54) is 6.07 Å². The van der Waals surface area contributed by atoms with Gasteiger partial charge in [0.05, 0.1) is 12.1 Å². The molecule has 0 bridgehead atoms. The molecule has 3 unspecified atom stereocenters. The predicted molar refractivity (Wildman–Crippen MR) is 90.5 cm³/mol. The molecule has 1 aromatic rings. The highest BCUT2D eigenvalue weighted by molar-refractivity contribution is 9.10. The standard InChI is InChI=1S/C17H16BrFN4O2/c1-3-24-17(25-4-2)16(9-21)13(15(16,8-20)14(22)23-17)11-7-10(18)5-6-12(11)19/h5-7,13H,3-4H2,1-2H3,(H2,22,23). The van der Waals surface area contributed by atoms with Gasteiger partial charge in [-0.05, 0) is 37.6 Å². The number of benzene rings is 1. The third-order valence-electron chi connectivity index (χ3n) is 4.88. The summed E-state index contributed by atoms with van der Waals surface area (Å²) in [6.07, 6.45) is 0. The largest absolute Gasteiger partial charge is 0.386 e. The molecule has 0 aromatic heterocycles. The molecule has 0 radical (unpaired) electrons. The summed E-state index contributed by atoms with van der Waals surface area (Å²) in [4.78, 5) is 4.21. The molecule has 2 N–H and O–H groups in total. The molecule has 1 aliphatic carbocycles. The Morgan fingerprint density at radius 3 is 2.44 bits per heavy atom. The van der Waals surface area contributed by atoms with Crippen molar-refractivity contribution in [3.63, 3.8) is 0 Å². The lowest BCUT2D eigenvalue weighted by Crippen LogP contribution is -2.43. The van der Waals surface area contributed by atoms with E-state index in [-0.39, 0.29) is 24.6 Å². The van der Waals surface area contributed by atoms with E-state index < -0.39 is 28.5 Å². The zero-order valence-electron chi connectivity index (χ0n) is 13.7. The summed E-state index contributed by atoms with van der Waals surface area (Å²) in [6, 6.07) is 8.62. The molecule has 25 heavy (non-hydrogen) atoms. The molecule has 8 heteroatoms. The van der Waals surface area contributed by atoms with Gasteiger partial charge in [-0.15, -0.1) is 0 Å². The Kier molecular flexibility index (Phi) is 4.11. The normalized spacial score (nSPS) is 31.6. The van der Waals surface area contributed by atoms with E-state index in [1.54, 1.807) is 26.0 Å². The summed E-state index contributed by atoms with van der Waals surface area (Å²) in [6.45, 7) is 3.83. The van der Waals surface area contributed by atoms with Gasteiger partial charge in [0.15, 0.2) is 5.41 Å². The van der Waals surface area contributed by atoms with Gasteiger partial charge in [-0.2, -0.15) is 10.5 Å². The molecular weight excluding hydrogens is 391 g/mol. The summed E-state index contributed by atoms with van der Waals surface area (Å²) >= 11 is 3.30. The second kappa shape index (κ2) is 5.77. The van der Waals surface area contributed by atoms with Gasteiger partial charge in [-0.1, -0.05) is 15.9 Å². The van der Waals surface area contributed by atoms with Crippen LogP contribution in [0.2, 0.25) is 0 Å². The molecule has 0 amide bonds. The summed E-state index contributed by atoms with van der Waals surface area (Å²) in [7, 11) is 0. The highest BCUT2D eigenvalue weighted by Gasteiger charge is 2.94. The maximum Gasteiger partial charge on any atom is 0.293 e. The maximum absolute atomic E-state index is 14.5. The van der Waals surface area contributed by atoms with Crippen LogP contribution in [0.5, 0.6) is 0 Å². The first-order chi connectivity index (χ1) is 11.9. The Hall–Kier alpha value is -2.00. The van der Waals surface area contributed by atoms with Gasteiger partial charge in [0.1, 0.15) is 17.1 Å². The summed E-state index contributed by atoms with van der Waals surface area (Å²) < 4.78 is 26.6. The van der Waals surface area contributed by atoms with Crippen LogP contribution in [0.4, 0.5) is 4.39 Å². The molecule has 1 aromatic carbocycles. The van der Waals surface area contributed by atoms with Crippen molar-refractivity contribution >= 4 is 21.8 Å². The zero-order chi connectivity index (χ0) is 18.5. The van der Waals surface area contributed by atoms with Gasteiger partial charge >= 0.3 is 0 Å². The Morgan fingerprint density at radius 1 is 1.28 bits per heavy atom. The zero-order valence-corrected chi connectivity index (χ0v) is 15.3. The van der Waals surface area contributed by atoms with Crippen LogP contribution in [-0.2, 0) is 9.47 Å². The van der Waals surface area contributed by atoms with Crippen molar-refractivity contribution in [1.82, 2.24) is 0 Å². The second-order valence-corrected chi connectivity index (χ2v) is 6.80. The quantitative estimate of drug-likeness (QED) is 0.756. The van der Waals surface area contributed by atoms with Crippen LogP contribution in [0.25, 0.3) is 0 Å². The number of rotatable bonds is 5. The van der Waals surface area contributed by atoms with Crippen LogP contribution >= 0.6 is 15.9 Å². The van der Waals surface area contributed by atoms with Crippen molar-refractivity contribution in [2.24, 2.45) is 21.6 Å². The number of halogens is 2. The number of amidine groups is 1. The molecule has 1 heterocycles. The fourth-order valence-electron chi connectivity index (χ4n) is 3.95. The average molecular weight is 407 g/mol. The van der Waals surface area contributed by atoms with E-state index in [0.29, 0.717) is 4.47 Å². The topological polar surface area (TPSA) is 104 Å². The van der Waals surface area contributed by atoms with Crippen LogP contribution < -0.4 is 5.73 Å². The Labute approximate surface area is 153 Å². The van der Waals surface area contributed by atoms with E-state index in [2.05, 4.69) is 33.1 Å². The minimum atomic E-state index is -1.73. The van der Waals surface area contributed by atoms with Crippen molar-refractivity contribution in [3.8, 4) is 12.1 Å².